The van der Waals surface area contributed by atoms with Gasteiger partial charge in [-0.15, -0.1) is 0 Å². The molecule has 0 saturated heterocycles. The standard InChI is InChI=1S/C13H17NO2S/c1-10(8-9-17)14(11(2)13(15)16)12-6-4-3-5-7-12/h3-7,9-11H,8H2,1-2H3,(H,15,16)/t10?,11-/m0/s1. The number of hydrogen-bond acceptors (Lipinski definition) is 3. The average molecular weight is 251 g/mol. The molecule has 0 saturated carbocycles. The van der Waals surface area contributed by atoms with E-state index in [1.54, 1.807) is 12.3 Å². The van der Waals surface area contributed by atoms with Crippen LogP contribution in [-0.4, -0.2) is 28.5 Å². The van der Waals surface area contributed by atoms with Crippen molar-refractivity contribution in [2.24, 2.45) is 0 Å². The zero-order valence-corrected chi connectivity index (χ0v) is 10.9. The maximum atomic E-state index is 11.1. The number of para-hydroxylation sites is 1. The summed E-state index contributed by atoms with van der Waals surface area (Å²) >= 11 is 4.85. The van der Waals surface area contributed by atoms with E-state index in [0.717, 1.165) is 5.69 Å². The van der Waals surface area contributed by atoms with Crippen LogP contribution < -0.4 is 4.90 Å². The van der Waals surface area contributed by atoms with Crippen LogP contribution >= 0.6 is 12.2 Å². The van der Waals surface area contributed by atoms with Crippen molar-refractivity contribution >= 4 is 29.2 Å². The first-order valence-corrected chi connectivity index (χ1v) is 6.05. The highest BCUT2D eigenvalue weighted by atomic mass is 32.1. The van der Waals surface area contributed by atoms with Crippen molar-refractivity contribution < 1.29 is 9.90 Å². The van der Waals surface area contributed by atoms with Crippen LogP contribution in [0.1, 0.15) is 20.3 Å². The normalized spacial score (nSPS) is 13.8. The molecular formula is C13H17NO2S. The van der Waals surface area contributed by atoms with E-state index in [1.165, 1.54) is 0 Å². The van der Waals surface area contributed by atoms with Crippen molar-refractivity contribution in [1.29, 1.82) is 0 Å². The Labute approximate surface area is 107 Å². The predicted molar refractivity (Wildman–Crippen MR) is 73.8 cm³/mol. The lowest BCUT2D eigenvalue weighted by Crippen LogP contribution is -2.45. The van der Waals surface area contributed by atoms with Gasteiger partial charge in [-0.1, -0.05) is 30.4 Å². The van der Waals surface area contributed by atoms with E-state index >= 15 is 0 Å². The summed E-state index contributed by atoms with van der Waals surface area (Å²) in [6.07, 6.45) is 0.682. The molecule has 17 heavy (non-hydrogen) atoms. The zero-order chi connectivity index (χ0) is 12.8. The summed E-state index contributed by atoms with van der Waals surface area (Å²) < 4.78 is 0. The lowest BCUT2D eigenvalue weighted by Gasteiger charge is -2.34. The fourth-order valence-electron chi connectivity index (χ4n) is 1.83. The highest BCUT2D eigenvalue weighted by Crippen LogP contribution is 2.21. The van der Waals surface area contributed by atoms with Gasteiger partial charge in [0, 0.05) is 11.7 Å². The topological polar surface area (TPSA) is 40.5 Å². The summed E-state index contributed by atoms with van der Waals surface area (Å²) in [4.78, 5) is 13.0. The third-order valence-corrected chi connectivity index (χ3v) is 2.93. The van der Waals surface area contributed by atoms with Gasteiger partial charge in [-0.2, -0.15) is 0 Å². The van der Waals surface area contributed by atoms with Crippen LogP contribution in [0.5, 0.6) is 0 Å². The van der Waals surface area contributed by atoms with Crippen LogP contribution in [0.25, 0.3) is 0 Å². The van der Waals surface area contributed by atoms with Gasteiger partial charge in [0.1, 0.15) is 6.04 Å². The van der Waals surface area contributed by atoms with Gasteiger partial charge in [-0.25, -0.2) is 4.79 Å². The number of benzene rings is 1. The highest BCUT2D eigenvalue weighted by molar-refractivity contribution is 7.78. The molecule has 0 radical (unpaired) electrons. The smallest absolute Gasteiger partial charge is 0.326 e. The summed E-state index contributed by atoms with van der Waals surface area (Å²) in [6, 6.07) is 9.06. The number of thiocarbonyl (C=S) groups is 1. The predicted octanol–water partition coefficient (Wildman–Crippen LogP) is 2.74. The second-order valence-corrected chi connectivity index (χ2v) is 4.34. The van der Waals surface area contributed by atoms with E-state index in [2.05, 4.69) is 0 Å². The molecule has 0 fully saturated rings. The van der Waals surface area contributed by atoms with Crippen LogP contribution in [0, 0.1) is 0 Å². The monoisotopic (exact) mass is 251 g/mol. The number of rotatable bonds is 6. The van der Waals surface area contributed by atoms with E-state index in [1.807, 2.05) is 42.2 Å². The van der Waals surface area contributed by atoms with Crippen molar-refractivity contribution in [2.45, 2.75) is 32.4 Å². The fourth-order valence-corrected chi connectivity index (χ4v) is 2.11. The second-order valence-electron chi connectivity index (χ2n) is 4.01. The van der Waals surface area contributed by atoms with E-state index in [0.29, 0.717) is 6.42 Å². The van der Waals surface area contributed by atoms with Gasteiger partial charge in [0.05, 0.1) is 0 Å². The highest BCUT2D eigenvalue weighted by Gasteiger charge is 2.24. The van der Waals surface area contributed by atoms with Crippen LogP contribution in [0.2, 0.25) is 0 Å². The Morgan fingerprint density at radius 3 is 2.47 bits per heavy atom. The molecule has 92 valence electrons. The van der Waals surface area contributed by atoms with Crippen molar-refractivity contribution in [3.8, 4) is 0 Å². The molecule has 1 aromatic rings. The molecule has 0 aliphatic carbocycles. The number of aliphatic carboxylic acids is 1. The number of carbonyl (C=O) groups is 1. The minimum absolute atomic E-state index is 0.0704. The summed E-state index contributed by atoms with van der Waals surface area (Å²) in [5.41, 5.74) is 0.909. The lowest BCUT2D eigenvalue weighted by molar-refractivity contribution is -0.138. The summed E-state index contributed by atoms with van der Waals surface area (Å²) in [5.74, 6) is -0.829. The molecule has 0 aliphatic heterocycles. The van der Waals surface area contributed by atoms with Gasteiger partial charge >= 0.3 is 5.97 Å². The zero-order valence-electron chi connectivity index (χ0n) is 10.0. The minimum atomic E-state index is -0.829. The molecule has 0 aliphatic rings. The molecule has 1 rings (SSSR count). The van der Waals surface area contributed by atoms with Gasteiger partial charge in [-0.3, -0.25) is 0 Å². The Morgan fingerprint density at radius 2 is 2.00 bits per heavy atom. The van der Waals surface area contributed by atoms with Crippen molar-refractivity contribution in [2.75, 3.05) is 4.90 Å². The lowest BCUT2D eigenvalue weighted by atomic mass is 10.1. The van der Waals surface area contributed by atoms with Gasteiger partial charge in [-0.05, 0) is 37.8 Å². The van der Waals surface area contributed by atoms with E-state index in [9.17, 15) is 4.79 Å². The molecule has 2 atom stereocenters. The van der Waals surface area contributed by atoms with E-state index in [-0.39, 0.29) is 6.04 Å². The summed E-state index contributed by atoms with van der Waals surface area (Å²) in [5, 5.41) is 10.8. The molecule has 4 heteroatoms. The second kappa shape index (κ2) is 6.35. The molecule has 1 N–H and O–H groups in total. The van der Waals surface area contributed by atoms with Crippen LogP contribution in [0.3, 0.4) is 0 Å². The Hall–Kier alpha value is -1.42. The average Bonchev–Trinajstić information content (AvgIpc) is 2.31. The number of nitrogens with zero attached hydrogens (tertiary/aromatic N) is 1. The molecule has 1 aromatic carbocycles. The van der Waals surface area contributed by atoms with Gasteiger partial charge in [0.25, 0.3) is 0 Å². The van der Waals surface area contributed by atoms with E-state index < -0.39 is 12.0 Å². The van der Waals surface area contributed by atoms with Crippen LogP contribution in [0.4, 0.5) is 5.69 Å². The van der Waals surface area contributed by atoms with Crippen molar-refractivity contribution in [3.63, 3.8) is 0 Å². The van der Waals surface area contributed by atoms with Gasteiger partial charge < -0.3 is 10.0 Å². The fraction of sp³-hybridized carbons (Fsp3) is 0.385. The number of carboxylic acid groups (broad SMARTS) is 1. The largest absolute Gasteiger partial charge is 0.480 e. The third kappa shape index (κ3) is 3.53. The molecule has 3 nitrogen and oxygen atoms in total. The number of hydrogen-bond donors (Lipinski definition) is 1. The summed E-state index contributed by atoms with van der Waals surface area (Å²) in [7, 11) is 0. The first-order chi connectivity index (χ1) is 8.07. The van der Waals surface area contributed by atoms with Crippen molar-refractivity contribution in [1.82, 2.24) is 0 Å². The SMILES string of the molecule is CC(CC=S)N(c1ccccc1)[C@@H](C)C(=O)O. The minimum Gasteiger partial charge on any atom is -0.480 e. The summed E-state index contributed by atoms with van der Waals surface area (Å²) in [6.45, 7) is 3.67. The maximum absolute atomic E-state index is 11.1. The quantitative estimate of drug-likeness (QED) is 0.789. The number of anilines is 1. The molecule has 0 amide bonds. The van der Waals surface area contributed by atoms with Crippen molar-refractivity contribution in [3.05, 3.63) is 30.3 Å². The Kier molecular flexibility index (Phi) is 5.10. The first-order valence-electron chi connectivity index (χ1n) is 5.57. The maximum Gasteiger partial charge on any atom is 0.326 e. The molecule has 0 heterocycles. The van der Waals surface area contributed by atoms with Crippen LogP contribution in [-0.2, 0) is 4.79 Å². The molecule has 0 aromatic heterocycles. The molecule has 1 unspecified atom stereocenters. The molecule has 0 bridgehead atoms. The Balaban J connectivity index is 3.02. The molecular weight excluding hydrogens is 234 g/mol. The van der Waals surface area contributed by atoms with Gasteiger partial charge in [0.2, 0.25) is 0 Å². The number of carboxylic acids is 1. The van der Waals surface area contributed by atoms with Crippen LogP contribution in [0.15, 0.2) is 30.3 Å². The molecule has 0 spiro atoms. The Bertz CT molecular complexity index is 380. The first kappa shape index (κ1) is 13.6. The Morgan fingerprint density at radius 1 is 1.41 bits per heavy atom. The van der Waals surface area contributed by atoms with Gasteiger partial charge in [0.15, 0.2) is 0 Å². The third-order valence-electron chi connectivity index (χ3n) is 2.74. The van der Waals surface area contributed by atoms with E-state index in [4.69, 9.17) is 17.3 Å².